The lowest BCUT2D eigenvalue weighted by molar-refractivity contribution is -0.207. The van der Waals surface area contributed by atoms with Crippen LogP contribution >= 0.6 is 0 Å². The van der Waals surface area contributed by atoms with Gasteiger partial charge in [-0.15, -0.1) is 0 Å². The van der Waals surface area contributed by atoms with E-state index in [1.807, 2.05) is 0 Å². The molecule has 1 aliphatic carbocycles. The lowest BCUT2D eigenvalue weighted by Crippen LogP contribution is -2.47. The molecule has 2 aliphatic heterocycles. The first-order valence-electron chi connectivity index (χ1n) is 14.5. The van der Waals surface area contributed by atoms with Crippen LogP contribution in [0.1, 0.15) is 91.4 Å². The maximum absolute atomic E-state index is 10.9. The van der Waals surface area contributed by atoms with Crippen molar-refractivity contribution in [3.8, 4) is 0 Å². The molecule has 7 nitrogen and oxygen atoms in total. The second-order valence-electron chi connectivity index (χ2n) is 12.2. The van der Waals surface area contributed by atoms with E-state index in [-0.39, 0.29) is 54.6 Å². The molecule has 2 saturated heterocycles. The fraction of sp³-hybridized carbons (Fsp3) is 0.897. The molecule has 0 aromatic heterocycles. The Bertz CT molecular complexity index is 695. The molecule has 1 radical (unpaired) electrons. The van der Waals surface area contributed by atoms with Gasteiger partial charge in [0.2, 0.25) is 9.04 Å². The van der Waals surface area contributed by atoms with E-state index in [4.69, 9.17) is 28.5 Å². The number of unbranched alkanes of at least 4 members (excludes halogenated alkanes) is 1. The average Bonchev–Trinajstić information content (AvgIpc) is 3.15. The summed E-state index contributed by atoms with van der Waals surface area (Å²) < 4.78 is 32.2. The topological polar surface area (TPSA) is 83.5 Å². The van der Waals surface area contributed by atoms with E-state index in [0.717, 1.165) is 71.0 Å². The van der Waals surface area contributed by atoms with Gasteiger partial charge in [-0.3, -0.25) is 4.79 Å². The Morgan fingerprint density at radius 3 is 2.14 bits per heavy atom. The normalized spacial score (nSPS) is 32.3. The minimum absolute atomic E-state index is 0.00678. The highest BCUT2D eigenvalue weighted by molar-refractivity contribution is 6.48. The van der Waals surface area contributed by atoms with E-state index in [0.29, 0.717) is 6.42 Å². The minimum atomic E-state index is -0.941. The molecule has 3 rings (SSSR count). The van der Waals surface area contributed by atoms with Crippen molar-refractivity contribution in [2.45, 2.75) is 135 Å². The van der Waals surface area contributed by atoms with Crippen LogP contribution in [0, 0.1) is 17.3 Å². The Morgan fingerprint density at radius 1 is 1.00 bits per heavy atom. The van der Waals surface area contributed by atoms with Crippen molar-refractivity contribution >= 4 is 15.0 Å². The van der Waals surface area contributed by atoms with Crippen LogP contribution in [0.25, 0.3) is 0 Å². The zero-order valence-electron chi connectivity index (χ0n) is 23.8. The van der Waals surface area contributed by atoms with Crippen LogP contribution in [0.3, 0.4) is 0 Å². The van der Waals surface area contributed by atoms with Crippen LogP contribution in [0.4, 0.5) is 0 Å². The molecule has 213 valence electrons. The summed E-state index contributed by atoms with van der Waals surface area (Å²) in [6.07, 6.45) is 13.7. The smallest absolute Gasteiger partial charge is 0.303 e. The molecule has 3 fully saturated rings. The molecule has 1 N–H and O–H groups in total. The molecule has 8 heteroatoms. The van der Waals surface area contributed by atoms with E-state index in [9.17, 15) is 4.79 Å². The summed E-state index contributed by atoms with van der Waals surface area (Å²) in [6.45, 7) is 12.8. The van der Waals surface area contributed by atoms with Gasteiger partial charge in [-0.25, -0.2) is 0 Å². The number of ether oxygens (including phenoxy) is 4. The molecule has 0 bridgehead atoms. The molecular weight excluding hydrogens is 488 g/mol. The summed E-state index contributed by atoms with van der Waals surface area (Å²) in [5, 5.41) is 8.95. The van der Waals surface area contributed by atoms with E-state index in [1.165, 1.54) is 0 Å². The number of carbonyl (C=O) groups is 1. The molecule has 0 amide bonds. The first kappa shape index (κ1) is 30.8. The number of rotatable bonds is 13. The van der Waals surface area contributed by atoms with Crippen LogP contribution in [0.15, 0.2) is 12.2 Å². The van der Waals surface area contributed by atoms with Gasteiger partial charge < -0.3 is 28.5 Å². The molecule has 3 aliphatic rings. The van der Waals surface area contributed by atoms with Gasteiger partial charge in [-0.1, -0.05) is 32.9 Å². The van der Waals surface area contributed by atoms with Crippen molar-refractivity contribution in [2.75, 3.05) is 13.2 Å². The third-order valence-corrected chi connectivity index (χ3v) is 8.42. The van der Waals surface area contributed by atoms with Crippen molar-refractivity contribution < 1.29 is 33.3 Å². The van der Waals surface area contributed by atoms with E-state index < -0.39 is 15.0 Å². The number of allylic oxidation sites excluding steroid dienone is 2. The SMILES string of the molecule is C[Si](C)OC([C@H]1[C@@H](C/C=C\CCCC(=O)O)[C@@H](OC2CCCCO2)C[C@H]1OC1CCCCO1)C(C)(C)C. The first-order valence-corrected chi connectivity index (χ1v) is 16.9. The Kier molecular flexibility index (Phi) is 12.6. The lowest BCUT2D eigenvalue weighted by Gasteiger charge is -2.42. The van der Waals surface area contributed by atoms with Gasteiger partial charge in [0.1, 0.15) is 0 Å². The minimum Gasteiger partial charge on any atom is -0.481 e. The predicted molar refractivity (Wildman–Crippen MR) is 146 cm³/mol. The van der Waals surface area contributed by atoms with E-state index >= 15 is 0 Å². The highest BCUT2D eigenvalue weighted by Gasteiger charge is 2.52. The van der Waals surface area contributed by atoms with Gasteiger partial charge in [0.15, 0.2) is 12.6 Å². The Labute approximate surface area is 226 Å². The fourth-order valence-corrected chi connectivity index (χ4v) is 6.99. The summed E-state index contributed by atoms with van der Waals surface area (Å²) in [6, 6.07) is 0. The molecule has 0 spiro atoms. The summed E-state index contributed by atoms with van der Waals surface area (Å²) in [4.78, 5) is 10.9. The monoisotopic (exact) mass is 539 g/mol. The van der Waals surface area contributed by atoms with Gasteiger partial charge in [-0.2, -0.15) is 0 Å². The van der Waals surface area contributed by atoms with Crippen molar-refractivity contribution in [1.29, 1.82) is 0 Å². The second-order valence-corrected chi connectivity index (χ2v) is 14.3. The van der Waals surface area contributed by atoms with Crippen LogP contribution in [-0.2, 0) is 28.2 Å². The summed E-state index contributed by atoms with van der Waals surface area (Å²) in [5.41, 5.74) is -0.0543. The van der Waals surface area contributed by atoms with Gasteiger partial charge in [-0.05, 0) is 82.2 Å². The van der Waals surface area contributed by atoms with Gasteiger partial charge in [0.25, 0.3) is 0 Å². The lowest BCUT2D eigenvalue weighted by atomic mass is 9.75. The number of aliphatic carboxylic acids is 1. The van der Waals surface area contributed by atoms with Gasteiger partial charge >= 0.3 is 5.97 Å². The molecular formula is C29H51O7Si. The number of hydrogen-bond donors (Lipinski definition) is 1. The standard InChI is InChI=1S/C29H51O7Si/c1-29(2,3)28(36-37(4)5)27-21(14-8-6-7-9-15-24(30)31)22(34-25-16-10-12-18-32-25)20-23(27)35-26-17-11-13-19-33-26/h6,8,21-23,25-28H,7,9-20H2,1-5H3,(H,30,31)/b8-6-/t21-,22-,23+,25?,26?,27-,28?/m0/s1. The molecule has 0 aromatic rings. The number of carboxylic acid groups (broad SMARTS) is 1. The number of hydrogen-bond acceptors (Lipinski definition) is 6. The van der Waals surface area contributed by atoms with Crippen LogP contribution < -0.4 is 0 Å². The van der Waals surface area contributed by atoms with Crippen LogP contribution in [0.2, 0.25) is 13.1 Å². The summed E-state index contributed by atoms with van der Waals surface area (Å²) >= 11 is 0. The Balaban J connectivity index is 1.84. The van der Waals surface area contributed by atoms with Crippen LogP contribution in [-0.4, -0.2) is 64.2 Å². The van der Waals surface area contributed by atoms with Crippen molar-refractivity contribution in [3.63, 3.8) is 0 Å². The highest BCUT2D eigenvalue weighted by atomic mass is 28.3. The maximum atomic E-state index is 10.9. The summed E-state index contributed by atoms with van der Waals surface area (Å²) in [7, 11) is -0.941. The molecule has 7 atom stereocenters. The zero-order chi connectivity index (χ0) is 26.8. The number of carboxylic acids is 1. The van der Waals surface area contributed by atoms with Gasteiger partial charge in [0, 0.05) is 32.0 Å². The van der Waals surface area contributed by atoms with Crippen molar-refractivity contribution in [1.82, 2.24) is 0 Å². The van der Waals surface area contributed by atoms with Gasteiger partial charge in [0.05, 0.1) is 18.3 Å². The Morgan fingerprint density at radius 2 is 1.62 bits per heavy atom. The third-order valence-electron chi connectivity index (χ3n) is 7.70. The second kappa shape index (κ2) is 15.1. The molecule has 2 heterocycles. The Hall–Kier alpha value is -0.773. The predicted octanol–water partition coefficient (Wildman–Crippen LogP) is 6.33. The highest BCUT2D eigenvalue weighted by Crippen LogP contribution is 2.47. The molecule has 1 saturated carbocycles. The maximum Gasteiger partial charge on any atom is 0.303 e. The largest absolute Gasteiger partial charge is 0.481 e. The third kappa shape index (κ3) is 10.0. The summed E-state index contributed by atoms with van der Waals surface area (Å²) in [5.74, 6) is -0.347. The molecule has 37 heavy (non-hydrogen) atoms. The van der Waals surface area contributed by atoms with Crippen molar-refractivity contribution in [3.05, 3.63) is 12.2 Å². The average molecular weight is 540 g/mol. The molecule has 0 aromatic carbocycles. The zero-order valence-corrected chi connectivity index (χ0v) is 24.8. The molecule has 3 unspecified atom stereocenters. The van der Waals surface area contributed by atoms with Crippen molar-refractivity contribution in [2.24, 2.45) is 17.3 Å². The van der Waals surface area contributed by atoms with E-state index in [2.05, 4.69) is 46.0 Å². The quantitative estimate of drug-likeness (QED) is 0.166. The van der Waals surface area contributed by atoms with Crippen LogP contribution in [0.5, 0.6) is 0 Å². The first-order chi connectivity index (χ1) is 17.6. The fourth-order valence-electron chi connectivity index (χ4n) is 5.97. The van der Waals surface area contributed by atoms with E-state index in [1.54, 1.807) is 0 Å².